The average Bonchev–Trinajstić information content (AvgIpc) is 2.96. The van der Waals surface area contributed by atoms with Crippen LogP contribution in [0, 0.1) is 0 Å². The van der Waals surface area contributed by atoms with Gasteiger partial charge < -0.3 is 4.74 Å². The first-order chi connectivity index (χ1) is 9.86. The van der Waals surface area contributed by atoms with E-state index in [0.717, 1.165) is 23.4 Å². The van der Waals surface area contributed by atoms with Crippen LogP contribution in [0.3, 0.4) is 0 Å². The Morgan fingerprint density at radius 2 is 2.05 bits per heavy atom. The lowest BCUT2D eigenvalue weighted by molar-refractivity contribution is 0.318. The number of nitrogens with zero attached hydrogens (tertiary/aromatic N) is 4. The van der Waals surface area contributed by atoms with Crippen LogP contribution in [0.2, 0.25) is 0 Å². The molecule has 0 bridgehead atoms. The van der Waals surface area contributed by atoms with Crippen molar-refractivity contribution < 1.29 is 4.74 Å². The molecular formula is C14H13ClN4O. The van der Waals surface area contributed by atoms with E-state index in [2.05, 4.69) is 15.1 Å². The molecule has 2 aromatic heterocycles. The van der Waals surface area contributed by atoms with E-state index in [1.165, 1.54) is 0 Å². The molecule has 0 aliphatic carbocycles. The van der Waals surface area contributed by atoms with Crippen molar-refractivity contribution >= 4 is 17.4 Å². The van der Waals surface area contributed by atoms with E-state index in [9.17, 15) is 0 Å². The first-order valence-corrected chi connectivity index (χ1v) is 6.86. The summed E-state index contributed by atoms with van der Waals surface area (Å²) < 4.78 is 7.19. The summed E-state index contributed by atoms with van der Waals surface area (Å²) >= 11 is 5.61. The van der Waals surface area contributed by atoms with Gasteiger partial charge in [0.25, 0.3) is 5.78 Å². The second-order valence-corrected chi connectivity index (χ2v) is 4.61. The van der Waals surface area contributed by atoms with E-state index < -0.39 is 0 Å². The predicted octanol–water partition coefficient (Wildman–Crippen LogP) is 2.80. The number of alkyl halides is 1. The van der Waals surface area contributed by atoms with Crippen LogP contribution in [0.1, 0.15) is 6.42 Å². The zero-order chi connectivity index (χ0) is 13.8. The fourth-order valence-electron chi connectivity index (χ4n) is 1.82. The van der Waals surface area contributed by atoms with Crippen LogP contribution in [0.4, 0.5) is 0 Å². The number of aromatic nitrogens is 4. The molecular weight excluding hydrogens is 276 g/mol. The minimum Gasteiger partial charge on any atom is -0.494 e. The van der Waals surface area contributed by atoms with Gasteiger partial charge in [-0.2, -0.15) is 5.10 Å². The molecule has 0 N–H and O–H groups in total. The molecule has 0 unspecified atom stereocenters. The predicted molar refractivity (Wildman–Crippen MR) is 77.1 cm³/mol. The molecule has 6 heteroatoms. The fraction of sp³-hybridized carbons (Fsp3) is 0.214. The maximum Gasteiger partial charge on any atom is 0.251 e. The number of rotatable bonds is 5. The highest BCUT2D eigenvalue weighted by Gasteiger charge is 2.03. The minimum atomic E-state index is 0.588. The first kappa shape index (κ1) is 12.9. The summed E-state index contributed by atoms with van der Waals surface area (Å²) in [5, 5.41) is 4.25. The summed E-state index contributed by atoms with van der Waals surface area (Å²) in [7, 11) is 0. The zero-order valence-corrected chi connectivity index (χ0v) is 11.5. The summed E-state index contributed by atoms with van der Waals surface area (Å²) in [6.45, 7) is 0.628. The molecule has 0 amide bonds. The molecule has 5 nitrogen and oxygen atoms in total. The van der Waals surface area contributed by atoms with Crippen LogP contribution in [-0.2, 0) is 0 Å². The number of ether oxygens (including phenoxy) is 1. The summed E-state index contributed by atoms with van der Waals surface area (Å²) in [5.41, 5.74) is 1.77. The summed E-state index contributed by atoms with van der Waals surface area (Å²) in [6, 6.07) is 7.75. The molecule has 0 saturated heterocycles. The monoisotopic (exact) mass is 288 g/mol. The van der Waals surface area contributed by atoms with Crippen LogP contribution in [0.5, 0.6) is 5.75 Å². The van der Waals surface area contributed by atoms with Crippen molar-refractivity contribution in [3.8, 4) is 17.0 Å². The van der Waals surface area contributed by atoms with Crippen molar-refractivity contribution in [2.45, 2.75) is 6.42 Å². The van der Waals surface area contributed by atoms with E-state index in [1.807, 2.05) is 24.3 Å². The van der Waals surface area contributed by atoms with E-state index in [4.69, 9.17) is 16.3 Å². The highest BCUT2D eigenvalue weighted by molar-refractivity contribution is 6.17. The number of halogens is 1. The van der Waals surface area contributed by atoms with Gasteiger partial charge in [0, 0.05) is 17.6 Å². The Bertz CT molecular complexity index is 696. The number of benzene rings is 1. The summed E-state index contributed by atoms with van der Waals surface area (Å²) in [5.74, 6) is 2.02. The Kier molecular flexibility index (Phi) is 3.78. The van der Waals surface area contributed by atoms with Gasteiger partial charge in [0.2, 0.25) is 0 Å². The van der Waals surface area contributed by atoms with Gasteiger partial charge in [-0.05, 0) is 30.7 Å². The van der Waals surface area contributed by atoms with Crippen LogP contribution >= 0.6 is 11.6 Å². The molecule has 2 heterocycles. The Balaban J connectivity index is 1.79. The molecule has 20 heavy (non-hydrogen) atoms. The number of imidazole rings is 1. The normalized spacial score (nSPS) is 10.8. The number of hydrogen-bond donors (Lipinski definition) is 0. The highest BCUT2D eigenvalue weighted by Crippen LogP contribution is 2.20. The van der Waals surface area contributed by atoms with Gasteiger partial charge in [0.15, 0.2) is 0 Å². The van der Waals surface area contributed by atoms with Crippen LogP contribution in [0.25, 0.3) is 17.0 Å². The molecule has 1 aromatic carbocycles. The topological polar surface area (TPSA) is 52.3 Å². The molecule has 0 saturated carbocycles. The number of hydrogen-bond acceptors (Lipinski definition) is 4. The van der Waals surface area contributed by atoms with Crippen molar-refractivity contribution in [1.82, 2.24) is 19.6 Å². The van der Waals surface area contributed by atoms with Gasteiger partial charge >= 0.3 is 0 Å². The van der Waals surface area contributed by atoms with Gasteiger partial charge in [-0.15, -0.1) is 11.6 Å². The van der Waals surface area contributed by atoms with Crippen molar-refractivity contribution in [3.05, 3.63) is 42.9 Å². The quantitative estimate of drug-likeness (QED) is 0.535. The zero-order valence-electron chi connectivity index (χ0n) is 10.7. The smallest absolute Gasteiger partial charge is 0.251 e. The van der Waals surface area contributed by atoms with Crippen molar-refractivity contribution in [1.29, 1.82) is 0 Å². The molecule has 3 rings (SSSR count). The van der Waals surface area contributed by atoms with E-state index in [1.54, 1.807) is 23.1 Å². The van der Waals surface area contributed by atoms with Gasteiger partial charge in [-0.3, -0.25) is 0 Å². The van der Waals surface area contributed by atoms with Crippen molar-refractivity contribution in [3.63, 3.8) is 0 Å². The summed E-state index contributed by atoms with van der Waals surface area (Å²) in [6.07, 6.45) is 6.00. The molecule has 102 valence electrons. The lowest BCUT2D eigenvalue weighted by Gasteiger charge is -2.06. The Labute approximate surface area is 121 Å². The third-order valence-electron chi connectivity index (χ3n) is 2.82. The standard InChI is InChI=1S/C14H13ClN4O/c15-6-1-9-20-12-4-2-11(3-5-12)13-10-17-19-8-7-16-14(19)18-13/h2-5,7-8,10H,1,6,9H2. The van der Waals surface area contributed by atoms with Crippen molar-refractivity contribution in [2.24, 2.45) is 0 Å². The Morgan fingerprint density at radius 1 is 1.20 bits per heavy atom. The SMILES string of the molecule is ClCCCOc1ccc(-c2cnn3ccnc3n2)cc1. The van der Waals surface area contributed by atoms with E-state index >= 15 is 0 Å². The van der Waals surface area contributed by atoms with E-state index in [-0.39, 0.29) is 0 Å². The largest absolute Gasteiger partial charge is 0.494 e. The fourth-order valence-corrected chi connectivity index (χ4v) is 1.93. The van der Waals surface area contributed by atoms with Gasteiger partial charge in [-0.1, -0.05) is 0 Å². The maximum atomic E-state index is 5.61. The minimum absolute atomic E-state index is 0.588. The van der Waals surface area contributed by atoms with Gasteiger partial charge in [0.05, 0.1) is 24.7 Å². The third kappa shape index (κ3) is 2.72. The van der Waals surface area contributed by atoms with Crippen LogP contribution in [0.15, 0.2) is 42.9 Å². The highest BCUT2D eigenvalue weighted by atomic mass is 35.5. The number of fused-ring (bicyclic) bond motifs is 1. The maximum absolute atomic E-state index is 5.61. The van der Waals surface area contributed by atoms with Crippen LogP contribution < -0.4 is 4.74 Å². The molecule has 0 radical (unpaired) electrons. The lowest BCUT2D eigenvalue weighted by Crippen LogP contribution is -1.98. The second kappa shape index (κ2) is 5.88. The van der Waals surface area contributed by atoms with Gasteiger partial charge in [-0.25, -0.2) is 14.5 Å². The Morgan fingerprint density at radius 3 is 2.85 bits per heavy atom. The van der Waals surface area contributed by atoms with Crippen LogP contribution in [-0.4, -0.2) is 32.1 Å². The molecule has 0 aliphatic rings. The second-order valence-electron chi connectivity index (χ2n) is 4.23. The van der Waals surface area contributed by atoms with Gasteiger partial charge in [0.1, 0.15) is 5.75 Å². The van der Waals surface area contributed by atoms with Crippen molar-refractivity contribution in [2.75, 3.05) is 12.5 Å². The van der Waals surface area contributed by atoms with E-state index in [0.29, 0.717) is 18.3 Å². The molecule has 0 fully saturated rings. The molecule has 3 aromatic rings. The molecule has 0 aliphatic heterocycles. The Hall–Kier alpha value is -2.14. The first-order valence-electron chi connectivity index (χ1n) is 6.32. The lowest BCUT2D eigenvalue weighted by atomic mass is 10.1. The molecule has 0 spiro atoms. The third-order valence-corrected chi connectivity index (χ3v) is 3.09. The average molecular weight is 289 g/mol. The summed E-state index contributed by atoms with van der Waals surface area (Å²) in [4.78, 5) is 8.57. The molecule has 0 atom stereocenters.